The standard InChI is InChI=1S/C24H22BrN3O3S/c1-3-9-31-22-19(25)11-15(12-20(22)30-4-2)10-16(13-26)23(29)28-24-18(14-27)17-7-5-6-8-21(17)32-24/h3,10-12H,1,4-9H2,2H3,(H,28,29)/b16-10+. The van der Waals surface area contributed by atoms with Gasteiger partial charge in [-0.25, -0.2) is 0 Å². The second-order valence-corrected chi connectivity index (χ2v) is 8.97. The maximum atomic E-state index is 12.8. The Balaban J connectivity index is 1.90. The number of halogens is 1. The quantitative estimate of drug-likeness (QED) is 0.275. The molecule has 0 aliphatic heterocycles. The fourth-order valence-electron chi connectivity index (χ4n) is 3.47. The lowest BCUT2D eigenvalue weighted by Crippen LogP contribution is -2.13. The molecule has 1 aromatic heterocycles. The van der Waals surface area contributed by atoms with Crippen molar-refractivity contribution in [1.82, 2.24) is 0 Å². The molecule has 8 heteroatoms. The van der Waals surface area contributed by atoms with E-state index in [9.17, 15) is 15.3 Å². The van der Waals surface area contributed by atoms with Gasteiger partial charge in [0.1, 0.15) is 29.3 Å². The first-order chi connectivity index (χ1) is 15.5. The van der Waals surface area contributed by atoms with E-state index in [1.165, 1.54) is 17.4 Å². The van der Waals surface area contributed by atoms with Crippen LogP contribution in [0.25, 0.3) is 6.08 Å². The molecule has 0 fully saturated rings. The Bertz CT molecular complexity index is 1150. The number of aryl methyl sites for hydroxylation is 1. The number of anilines is 1. The molecule has 0 unspecified atom stereocenters. The van der Waals surface area contributed by atoms with Gasteiger partial charge in [0, 0.05) is 4.88 Å². The van der Waals surface area contributed by atoms with E-state index in [2.05, 4.69) is 33.9 Å². The monoisotopic (exact) mass is 511 g/mol. The van der Waals surface area contributed by atoms with E-state index in [0.717, 1.165) is 36.1 Å². The lowest BCUT2D eigenvalue weighted by atomic mass is 9.96. The van der Waals surface area contributed by atoms with Crippen LogP contribution in [0.5, 0.6) is 11.5 Å². The van der Waals surface area contributed by atoms with E-state index in [0.29, 0.717) is 45.3 Å². The Morgan fingerprint density at radius 1 is 1.31 bits per heavy atom. The van der Waals surface area contributed by atoms with Gasteiger partial charge >= 0.3 is 0 Å². The van der Waals surface area contributed by atoms with Crippen LogP contribution in [0.15, 0.2) is 34.8 Å². The lowest BCUT2D eigenvalue weighted by molar-refractivity contribution is -0.112. The second kappa shape index (κ2) is 11.0. The van der Waals surface area contributed by atoms with Crippen LogP contribution in [0.2, 0.25) is 0 Å². The maximum Gasteiger partial charge on any atom is 0.266 e. The van der Waals surface area contributed by atoms with Crippen LogP contribution < -0.4 is 14.8 Å². The van der Waals surface area contributed by atoms with Crippen molar-refractivity contribution in [3.8, 4) is 23.6 Å². The lowest BCUT2D eigenvalue weighted by Gasteiger charge is -2.14. The number of benzene rings is 1. The van der Waals surface area contributed by atoms with Gasteiger partial charge in [0.15, 0.2) is 11.5 Å². The molecular formula is C24H22BrN3O3S. The minimum Gasteiger partial charge on any atom is -0.490 e. The molecule has 0 radical (unpaired) electrons. The van der Waals surface area contributed by atoms with Gasteiger partial charge in [0.2, 0.25) is 0 Å². The molecule has 0 atom stereocenters. The molecule has 1 aliphatic carbocycles. The van der Waals surface area contributed by atoms with Gasteiger partial charge in [0.25, 0.3) is 5.91 Å². The minimum absolute atomic E-state index is 0.0747. The fourth-order valence-corrected chi connectivity index (χ4v) is 5.28. The van der Waals surface area contributed by atoms with Crippen LogP contribution in [-0.2, 0) is 17.6 Å². The summed E-state index contributed by atoms with van der Waals surface area (Å²) in [6.07, 6.45) is 7.00. The summed E-state index contributed by atoms with van der Waals surface area (Å²) in [5, 5.41) is 22.5. The fraction of sp³-hybridized carbons (Fsp3) is 0.292. The van der Waals surface area contributed by atoms with Crippen molar-refractivity contribution in [3.63, 3.8) is 0 Å². The van der Waals surface area contributed by atoms with Gasteiger partial charge in [-0.3, -0.25) is 4.79 Å². The number of nitrogens with zero attached hydrogens (tertiary/aromatic N) is 2. The van der Waals surface area contributed by atoms with Crippen LogP contribution >= 0.6 is 27.3 Å². The number of carbonyl (C=O) groups is 1. The van der Waals surface area contributed by atoms with Crippen molar-refractivity contribution in [3.05, 3.63) is 56.4 Å². The Labute approximate surface area is 199 Å². The summed E-state index contributed by atoms with van der Waals surface area (Å²) in [4.78, 5) is 14.0. The smallest absolute Gasteiger partial charge is 0.266 e. The van der Waals surface area contributed by atoms with Gasteiger partial charge in [-0.05, 0) is 77.9 Å². The van der Waals surface area contributed by atoms with Crippen LogP contribution in [0.3, 0.4) is 0 Å². The molecule has 1 N–H and O–H groups in total. The summed E-state index contributed by atoms with van der Waals surface area (Å²) in [6.45, 7) is 6.24. The third-order valence-corrected chi connectivity index (χ3v) is 6.66. The number of carbonyl (C=O) groups excluding carboxylic acids is 1. The van der Waals surface area contributed by atoms with Crippen molar-refractivity contribution < 1.29 is 14.3 Å². The molecule has 0 bridgehead atoms. The number of rotatable bonds is 8. The third-order valence-electron chi connectivity index (χ3n) is 4.86. The van der Waals surface area contributed by atoms with Crippen molar-refractivity contribution in [2.75, 3.05) is 18.5 Å². The summed E-state index contributed by atoms with van der Waals surface area (Å²) < 4.78 is 12.0. The van der Waals surface area contributed by atoms with Crippen LogP contribution in [-0.4, -0.2) is 19.1 Å². The topological polar surface area (TPSA) is 95.1 Å². The molecule has 0 spiro atoms. The predicted octanol–water partition coefficient (Wildman–Crippen LogP) is 5.77. The Kier molecular flexibility index (Phi) is 8.10. The van der Waals surface area contributed by atoms with E-state index in [1.807, 2.05) is 13.0 Å². The summed E-state index contributed by atoms with van der Waals surface area (Å²) in [5.41, 5.74) is 2.07. The molecule has 1 aliphatic rings. The molecule has 164 valence electrons. The summed E-state index contributed by atoms with van der Waals surface area (Å²) in [5.74, 6) is 0.462. The van der Waals surface area contributed by atoms with E-state index in [-0.39, 0.29) is 5.57 Å². The van der Waals surface area contributed by atoms with E-state index < -0.39 is 5.91 Å². The number of hydrogen-bond acceptors (Lipinski definition) is 6. The molecule has 6 nitrogen and oxygen atoms in total. The van der Waals surface area contributed by atoms with Gasteiger partial charge < -0.3 is 14.8 Å². The predicted molar refractivity (Wildman–Crippen MR) is 129 cm³/mol. The van der Waals surface area contributed by atoms with Crippen molar-refractivity contribution in [2.24, 2.45) is 0 Å². The number of ether oxygens (including phenoxy) is 2. The highest BCUT2D eigenvalue weighted by atomic mass is 79.9. The number of nitrogens with one attached hydrogen (secondary N) is 1. The number of hydrogen-bond donors (Lipinski definition) is 1. The highest BCUT2D eigenvalue weighted by molar-refractivity contribution is 9.10. The van der Waals surface area contributed by atoms with E-state index in [1.54, 1.807) is 18.2 Å². The van der Waals surface area contributed by atoms with Crippen LogP contribution in [0.4, 0.5) is 5.00 Å². The Morgan fingerprint density at radius 2 is 2.09 bits per heavy atom. The number of nitriles is 2. The number of thiophene rings is 1. The summed E-state index contributed by atoms with van der Waals surface area (Å²) in [6, 6.07) is 7.63. The zero-order valence-corrected chi connectivity index (χ0v) is 20.1. The molecule has 1 heterocycles. The SMILES string of the molecule is C=CCOc1c(Br)cc(/C=C(\C#N)C(=O)Nc2sc3c(c2C#N)CCCC3)cc1OCC. The first-order valence-corrected chi connectivity index (χ1v) is 11.8. The minimum atomic E-state index is -0.552. The summed E-state index contributed by atoms with van der Waals surface area (Å²) in [7, 11) is 0. The largest absolute Gasteiger partial charge is 0.490 e. The molecular weight excluding hydrogens is 490 g/mol. The van der Waals surface area contributed by atoms with Gasteiger partial charge in [-0.2, -0.15) is 10.5 Å². The van der Waals surface area contributed by atoms with Gasteiger partial charge in [-0.1, -0.05) is 12.7 Å². The Hall–Kier alpha value is -3.07. The zero-order valence-electron chi connectivity index (χ0n) is 17.7. The molecule has 2 aromatic rings. The highest BCUT2D eigenvalue weighted by Gasteiger charge is 2.23. The molecule has 1 aromatic carbocycles. The number of fused-ring (bicyclic) bond motifs is 1. The third kappa shape index (κ3) is 5.21. The molecule has 3 rings (SSSR count). The average molecular weight is 512 g/mol. The molecule has 32 heavy (non-hydrogen) atoms. The van der Waals surface area contributed by atoms with Crippen LogP contribution in [0, 0.1) is 22.7 Å². The average Bonchev–Trinajstić information content (AvgIpc) is 3.13. The zero-order chi connectivity index (χ0) is 23.1. The first-order valence-electron chi connectivity index (χ1n) is 10.2. The van der Waals surface area contributed by atoms with E-state index >= 15 is 0 Å². The molecule has 1 amide bonds. The van der Waals surface area contributed by atoms with Gasteiger partial charge in [-0.15, -0.1) is 11.3 Å². The van der Waals surface area contributed by atoms with E-state index in [4.69, 9.17) is 9.47 Å². The van der Waals surface area contributed by atoms with Gasteiger partial charge in [0.05, 0.1) is 16.6 Å². The highest BCUT2D eigenvalue weighted by Crippen LogP contribution is 2.39. The molecule has 0 saturated heterocycles. The van der Waals surface area contributed by atoms with Crippen molar-refractivity contribution >= 4 is 44.3 Å². The number of amides is 1. The maximum absolute atomic E-state index is 12.8. The first kappa shape index (κ1) is 23.6. The summed E-state index contributed by atoms with van der Waals surface area (Å²) >= 11 is 4.89. The molecule has 0 saturated carbocycles. The van der Waals surface area contributed by atoms with Crippen molar-refractivity contribution in [2.45, 2.75) is 32.6 Å². The van der Waals surface area contributed by atoms with Crippen molar-refractivity contribution in [1.29, 1.82) is 10.5 Å². The normalized spacial score (nSPS) is 12.8. The second-order valence-electron chi connectivity index (χ2n) is 7.01. The Morgan fingerprint density at radius 3 is 2.78 bits per heavy atom. The van der Waals surface area contributed by atoms with Crippen LogP contribution in [0.1, 0.15) is 41.3 Å².